The van der Waals surface area contributed by atoms with Gasteiger partial charge in [0.15, 0.2) is 0 Å². The van der Waals surface area contributed by atoms with E-state index in [9.17, 15) is 13.8 Å². The van der Waals surface area contributed by atoms with Crippen LogP contribution in [-0.4, -0.2) is 69.8 Å². The van der Waals surface area contributed by atoms with Crippen molar-refractivity contribution in [2.24, 2.45) is 5.92 Å². The fourth-order valence-electron chi connectivity index (χ4n) is 3.08. The quantitative estimate of drug-likeness (QED) is 0.758. The van der Waals surface area contributed by atoms with Crippen molar-refractivity contribution in [2.75, 3.05) is 44.1 Å². The van der Waals surface area contributed by atoms with Crippen LogP contribution < -0.4 is 4.72 Å². The number of amides is 2. The van der Waals surface area contributed by atoms with Gasteiger partial charge in [0.05, 0.1) is 12.5 Å². The van der Waals surface area contributed by atoms with E-state index < -0.39 is 11.3 Å². The van der Waals surface area contributed by atoms with Crippen LogP contribution >= 0.6 is 0 Å². The number of carbonyl (C=O) groups excluding carboxylic acids is 2. The number of nitrogens with zero attached hydrogens (tertiary/aromatic N) is 2. The minimum atomic E-state index is -2.14. The topological polar surface area (TPSA) is 99.2 Å². The molecule has 2 aliphatic rings. The lowest BCUT2D eigenvalue weighted by molar-refractivity contribution is -0.137. The minimum absolute atomic E-state index is 0.0422. The Morgan fingerprint density at radius 2 is 1.76 bits per heavy atom. The Morgan fingerprint density at radius 1 is 1.12 bits per heavy atom. The van der Waals surface area contributed by atoms with Crippen molar-refractivity contribution in [3.8, 4) is 0 Å². The maximum absolute atomic E-state index is 12.5. The SMILES string of the molecule is O=C(c1ccc(NS(=O)O)cc1)N1CCN(C(=O)C2CCOC2)CC1. The minimum Gasteiger partial charge on any atom is -0.381 e. The first-order valence-electron chi connectivity index (χ1n) is 8.18. The zero-order chi connectivity index (χ0) is 17.8. The van der Waals surface area contributed by atoms with Gasteiger partial charge in [-0.3, -0.25) is 18.9 Å². The van der Waals surface area contributed by atoms with Crippen LogP contribution in [0.2, 0.25) is 0 Å². The van der Waals surface area contributed by atoms with Crippen LogP contribution in [0.15, 0.2) is 24.3 Å². The predicted octanol–water partition coefficient (Wildman–Crippen LogP) is 0.556. The maximum Gasteiger partial charge on any atom is 0.259 e. The molecule has 3 rings (SSSR count). The van der Waals surface area contributed by atoms with Crippen LogP contribution in [0.4, 0.5) is 5.69 Å². The van der Waals surface area contributed by atoms with Crippen LogP contribution in [0, 0.1) is 5.92 Å². The molecule has 1 aromatic rings. The van der Waals surface area contributed by atoms with Crippen LogP contribution in [0.1, 0.15) is 16.8 Å². The molecule has 2 amide bonds. The number of benzene rings is 1. The van der Waals surface area contributed by atoms with Crippen molar-refractivity contribution in [1.29, 1.82) is 0 Å². The first kappa shape index (κ1) is 17.8. The Hall–Kier alpha value is -1.97. The highest BCUT2D eigenvalue weighted by molar-refractivity contribution is 7.80. The lowest BCUT2D eigenvalue weighted by Crippen LogP contribution is -2.52. The average Bonchev–Trinajstić information content (AvgIpc) is 3.15. The number of piperazine rings is 1. The molecule has 1 aromatic carbocycles. The molecule has 9 heteroatoms. The Balaban J connectivity index is 1.54. The van der Waals surface area contributed by atoms with Gasteiger partial charge in [0.25, 0.3) is 17.2 Å². The lowest BCUT2D eigenvalue weighted by atomic mass is 10.1. The zero-order valence-electron chi connectivity index (χ0n) is 13.7. The number of rotatable bonds is 4. The smallest absolute Gasteiger partial charge is 0.259 e. The molecule has 8 nitrogen and oxygen atoms in total. The van der Waals surface area contributed by atoms with E-state index in [1.165, 1.54) is 0 Å². The van der Waals surface area contributed by atoms with Gasteiger partial charge in [-0.25, -0.2) is 4.21 Å². The van der Waals surface area contributed by atoms with Crippen molar-refractivity contribution >= 4 is 28.8 Å². The lowest BCUT2D eigenvalue weighted by Gasteiger charge is -2.35. The summed E-state index contributed by atoms with van der Waals surface area (Å²) in [5.74, 6) is -0.0237. The van der Waals surface area contributed by atoms with Crippen LogP contribution in [0.25, 0.3) is 0 Å². The van der Waals surface area contributed by atoms with E-state index in [0.717, 1.165) is 6.42 Å². The molecule has 0 bridgehead atoms. The fraction of sp³-hybridized carbons (Fsp3) is 0.500. The zero-order valence-corrected chi connectivity index (χ0v) is 14.5. The van der Waals surface area contributed by atoms with Gasteiger partial charge in [0, 0.05) is 44.0 Å². The van der Waals surface area contributed by atoms with E-state index in [4.69, 9.17) is 9.29 Å². The van der Waals surface area contributed by atoms with E-state index in [0.29, 0.717) is 50.6 Å². The Bertz CT molecular complexity index is 652. The summed E-state index contributed by atoms with van der Waals surface area (Å²) in [7, 11) is 0. The largest absolute Gasteiger partial charge is 0.381 e. The monoisotopic (exact) mass is 367 g/mol. The molecule has 0 spiro atoms. The molecule has 2 N–H and O–H groups in total. The summed E-state index contributed by atoms with van der Waals surface area (Å²) >= 11 is -2.14. The summed E-state index contributed by atoms with van der Waals surface area (Å²) in [5.41, 5.74) is 0.977. The van der Waals surface area contributed by atoms with Crippen molar-refractivity contribution in [2.45, 2.75) is 6.42 Å². The Kier molecular flexibility index (Phi) is 5.67. The highest BCUT2D eigenvalue weighted by Gasteiger charge is 2.31. The highest BCUT2D eigenvalue weighted by atomic mass is 32.2. The third-order valence-electron chi connectivity index (χ3n) is 4.49. The molecule has 2 unspecified atom stereocenters. The second kappa shape index (κ2) is 7.94. The summed E-state index contributed by atoms with van der Waals surface area (Å²) in [4.78, 5) is 28.4. The Morgan fingerprint density at radius 3 is 2.32 bits per heavy atom. The number of nitrogens with one attached hydrogen (secondary N) is 1. The van der Waals surface area contributed by atoms with E-state index in [-0.39, 0.29) is 17.7 Å². The molecule has 0 saturated carbocycles. The van der Waals surface area contributed by atoms with Crippen molar-refractivity contribution in [1.82, 2.24) is 9.80 Å². The molecule has 0 radical (unpaired) electrons. The normalized spacial score (nSPS) is 21.9. The summed E-state index contributed by atoms with van der Waals surface area (Å²) < 4.78 is 27.1. The number of carbonyl (C=O) groups is 2. The summed E-state index contributed by atoms with van der Waals surface area (Å²) in [6.45, 7) is 3.20. The van der Waals surface area contributed by atoms with Gasteiger partial charge in [-0.05, 0) is 30.7 Å². The molecule has 2 aliphatic heterocycles. The third kappa shape index (κ3) is 4.36. The second-order valence-electron chi connectivity index (χ2n) is 6.11. The molecule has 0 aromatic heterocycles. The fourth-order valence-corrected chi connectivity index (χ4v) is 3.42. The molecule has 2 saturated heterocycles. The second-order valence-corrected chi connectivity index (χ2v) is 6.81. The first-order valence-corrected chi connectivity index (χ1v) is 9.28. The van der Waals surface area contributed by atoms with Gasteiger partial charge in [0.1, 0.15) is 0 Å². The van der Waals surface area contributed by atoms with Crippen LogP contribution in [-0.2, 0) is 20.8 Å². The van der Waals surface area contributed by atoms with Crippen molar-refractivity contribution in [3.05, 3.63) is 29.8 Å². The molecule has 2 heterocycles. The van der Waals surface area contributed by atoms with E-state index in [2.05, 4.69) is 4.72 Å². The van der Waals surface area contributed by atoms with Crippen molar-refractivity contribution in [3.63, 3.8) is 0 Å². The van der Waals surface area contributed by atoms with Gasteiger partial charge in [-0.2, -0.15) is 0 Å². The molecular weight excluding hydrogens is 346 g/mol. The predicted molar refractivity (Wildman–Crippen MR) is 92.2 cm³/mol. The Labute approximate surface area is 148 Å². The van der Waals surface area contributed by atoms with Crippen LogP contribution in [0.5, 0.6) is 0 Å². The van der Waals surface area contributed by atoms with Gasteiger partial charge >= 0.3 is 0 Å². The molecule has 25 heavy (non-hydrogen) atoms. The molecule has 2 fully saturated rings. The number of hydrogen-bond acceptors (Lipinski definition) is 4. The van der Waals surface area contributed by atoms with Crippen LogP contribution in [0.3, 0.4) is 0 Å². The standard InChI is InChI=1S/C16H21N3O5S/c20-15(12-1-3-14(4-2-12)17-25(22)23)18-6-8-19(9-7-18)16(21)13-5-10-24-11-13/h1-4,13,17H,5-11H2,(H,22,23). The van der Waals surface area contributed by atoms with E-state index in [1.54, 1.807) is 29.2 Å². The van der Waals surface area contributed by atoms with E-state index in [1.807, 2.05) is 4.90 Å². The molecule has 2 atom stereocenters. The number of ether oxygens (including phenoxy) is 1. The highest BCUT2D eigenvalue weighted by Crippen LogP contribution is 2.18. The molecular formula is C16H21N3O5S. The number of hydrogen-bond donors (Lipinski definition) is 2. The first-order chi connectivity index (χ1) is 12.0. The maximum atomic E-state index is 12.5. The van der Waals surface area contributed by atoms with E-state index >= 15 is 0 Å². The van der Waals surface area contributed by atoms with Gasteiger partial charge in [0.2, 0.25) is 5.91 Å². The van der Waals surface area contributed by atoms with Gasteiger partial charge in [-0.15, -0.1) is 0 Å². The average molecular weight is 367 g/mol. The summed E-state index contributed by atoms with van der Waals surface area (Å²) in [6.07, 6.45) is 0.775. The summed E-state index contributed by atoms with van der Waals surface area (Å²) in [5, 5.41) is 0. The van der Waals surface area contributed by atoms with Gasteiger partial charge < -0.3 is 14.5 Å². The molecule has 136 valence electrons. The third-order valence-corrected chi connectivity index (χ3v) is 4.90. The van der Waals surface area contributed by atoms with Gasteiger partial charge in [-0.1, -0.05) is 0 Å². The summed E-state index contributed by atoms with van der Waals surface area (Å²) in [6, 6.07) is 6.40. The molecule has 0 aliphatic carbocycles. The number of anilines is 1. The van der Waals surface area contributed by atoms with Crippen molar-refractivity contribution < 1.29 is 23.1 Å².